The minimum Gasteiger partial charge on any atom is -0.468 e. The predicted molar refractivity (Wildman–Crippen MR) is 96.5 cm³/mol. The lowest BCUT2D eigenvalue weighted by Crippen LogP contribution is -2.31. The fraction of sp³-hybridized carbons (Fsp3) is 0.167. The van der Waals surface area contributed by atoms with Gasteiger partial charge in [0.1, 0.15) is 15.2 Å². The quantitative estimate of drug-likeness (QED) is 0.714. The van der Waals surface area contributed by atoms with Gasteiger partial charge in [-0.05, 0) is 42.6 Å². The van der Waals surface area contributed by atoms with Crippen molar-refractivity contribution in [3.63, 3.8) is 0 Å². The van der Waals surface area contributed by atoms with Gasteiger partial charge in [0.25, 0.3) is 5.91 Å². The summed E-state index contributed by atoms with van der Waals surface area (Å²) >= 11 is 1.15. The SMILES string of the molecule is Cc1cccc(C(=O)NC[C@@H](c2ccco2)S(=O)(=O)c2cccs2)c1. The first-order valence-corrected chi connectivity index (χ1v) is 10.1. The molecule has 2 heterocycles. The smallest absolute Gasteiger partial charge is 0.251 e. The number of furan rings is 1. The molecule has 2 aromatic heterocycles. The maximum atomic E-state index is 12.9. The van der Waals surface area contributed by atoms with Crippen LogP contribution in [-0.4, -0.2) is 20.9 Å². The summed E-state index contributed by atoms with van der Waals surface area (Å²) in [6.07, 6.45) is 1.43. The summed E-state index contributed by atoms with van der Waals surface area (Å²) in [7, 11) is -3.66. The Hall–Kier alpha value is -2.38. The molecule has 130 valence electrons. The molecule has 7 heteroatoms. The van der Waals surface area contributed by atoms with E-state index in [-0.39, 0.29) is 16.7 Å². The van der Waals surface area contributed by atoms with Gasteiger partial charge in [-0.15, -0.1) is 11.3 Å². The van der Waals surface area contributed by atoms with E-state index in [0.29, 0.717) is 11.3 Å². The van der Waals surface area contributed by atoms with Crippen molar-refractivity contribution in [2.45, 2.75) is 16.4 Å². The highest BCUT2D eigenvalue weighted by atomic mass is 32.2. The van der Waals surface area contributed by atoms with Gasteiger partial charge < -0.3 is 9.73 Å². The Bertz CT molecular complexity index is 945. The molecule has 0 unspecified atom stereocenters. The highest BCUT2D eigenvalue weighted by Gasteiger charge is 2.32. The number of hydrogen-bond acceptors (Lipinski definition) is 5. The largest absolute Gasteiger partial charge is 0.468 e. The van der Waals surface area contributed by atoms with E-state index in [0.717, 1.165) is 16.9 Å². The average Bonchev–Trinajstić information content (AvgIpc) is 3.28. The summed E-state index contributed by atoms with van der Waals surface area (Å²) in [5.41, 5.74) is 1.45. The van der Waals surface area contributed by atoms with E-state index in [4.69, 9.17) is 4.42 Å². The van der Waals surface area contributed by atoms with E-state index in [1.165, 1.54) is 6.26 Å². The zero-order valence-electron chi connectivity index (χ0n) is 13.5. The van der Waals surface area contributed by atoms with Crippen LogP contribution in [0, 0.1) is 6.92 Å². The van der Waals surface area contributed by atoms with Crippen molar-refractivity contribution in [2.75, 3.05) is 6.54 Å². The molecule has 5 nitrogen and oxygen atoms in total. The van der Waals surface area contributed by atoms with E-state index in [1.54, 1.807) is 47.8 Å². The van der Waals surface area contributed by atoms with Crippen molar-refractivity contribution < 1.29 is 17.6 Å². The third-order valence-electron chi connectivity index (χ3n) is 3.74. The highest BCUT2D eigenvalue weighted by molar-refractivity contribution is 7.93. The van der Waals surface area contributed by atoms with Gasteiger partial charge in [0.2, 0.25) is 0 Å². The maximum absolute atomic E-state index is 12.9. The Kier molecular flexibility index (Phi) is 5.06. The number of amides is 1. The molecule has 0 spiro atoms. The highest BCUT2D eigenvalue weighted by Crippen LogP contribution is 2.31. The monoisotopic (exact) mass is 375 g/mol. The first kappa shape index (κ1) is 17.4. The normalized spacial score (nSPS) is 12.7. The van der Waals surface area contributed by atoms with Gasteiger partial charge in [-0.1, -0.05) is 23.8 Å². The van der Waals surface area contributed by atoms with Gasteiger partial charge >= 0.3 is 0 Å². The zero-order valence-corrected chi connectivity index (χ0v) is 15.1. The fourth-order valence-corrected chi connectivity index (χ4v) is 5.27. The van der Waals surface area contributed by atoms with Crippen LogP contribution in [0.3, 0.4) is 0 Å². The number of hydrogen-bond donors (Lipinski definition) is 1. The second-order valence-corrected chi connectivity index (χ2v) is 8.87. The van der Waals surface area contributed by atoms with E-state index < -0.39 is 15.1 Å². The minimum atomic E-state index is -3.66. The third-order valence-corrected chi connectivity index (χ3v) is 7.23. The molecular weight excluding hydrogens is 358 g/mol. The summed E-state index contributed by atoms with van der Waals surface area (Å²) in [6.45, 7) is 1.82. The maximum Gasteiger partial charge on any atom is 0.251 e. The standard InChI is InChI=1S/C18H17NO4S2/c1-13-5-2-6-14(11-13)18(20)19-12-16(15-7-3-9-23-15)25(21,22)17-8-4-10-24-17/h2-11,16H,12H2,1H3,(H,19,20)/t16-/m0/s1. The van der Waals surface area contributed by atoms with Crippen molar-refractivity contribution in [3.8, 4) is 0 Å². The van der Waals surface area contributed by atoms with Crippen molar-refractivity contribution in [1.29, 1.82) is 0 Å². The molecule has 0 fully saturated rings. The molecule has 0 aliphatic heterocycles. The Labute approximate surface area is 150 Å². The van der Waals surface area contributed by atoms with Crippen LogP contribution in [0.1, 0.15) is 26.9 Å². The van der Waals surface area contributed by atoms with Gasteiger partial charge in [0, 0.05) is 12.1 Å². The Morgan fingerprint density at radius 2 is 2.04 bits per heavy atom. The molecule has 3 rings (SSSR count). The van der Waals surface area contributed by atoms with Crippen LogP contribution < -0.4 is 5.32 Å². The molecule has 3 aromatic rings. The lowest BCUT2D eigenvalue weighted by Gasteiger charge is -2.15. The van der Waals surface area contributed by atoms with Crippen molar-refractivity contribution in [1.82, 2.24) is 5.32 Å². The van der Waals surface area contributed by atoms with Gasteiger partial charge in [0.05, 0.1) is 6.26 Å². The second-order valence-electron chi connectivity index (χ2n) is 5.56. The van der Waals surface area contributed by atoms with Crippen LogP contribution in [0.5, 0.6) is 0 Å². The molecule has 0 saturated heterocycles. The van der Waals surface area contributed by atoms with Crippen molar-refractivity contribution in [3.05, 3.63) is 77.1 Å². The number of carbonyl (C=O) groups is 1. The minimum absolute atomic E-state index is 0.0689. The third kappa shape index (κ3) is 3.83. The number of carbonyl (C=O) groups excluding carboxylic acids is 1. The molecule has 1 N–H and O–H groups in total. The fourth-order valence-electron chi connectivity index (χ4n) is 2.48. The first-order valence-electron chi connectivity index (χ1n) is 7.64. The molecule has 1 atom stereocenters. The lowest BCUT2D eigenvalue weighted by molar-refractivity contribution is 0.0953. The van der Waals surface area contributed by atoms with Crippen LogP contribution in [0.25, 0.3) is 0 Å². The number of sulfone groups is 1. The van der Waals surface area contributed by atoms with Crippen LogP contribution in [0.2, 0.25) is 0 Å². The second kappa shape index (κ2) is 7.25. The van der Waals surface area contributed by atoms with E-state index in [2.05, 4.69) is 5.32 Å². The topological polar surface area (TPSA) is 76.4 Å². The summed E-state index contributed by atoms with van der Waals surface area (Å²) < 4.78 is 31.3. The summed E-state index contributed by atoms with van der Waals surface area (Å²) in [6, 6.07) is 13.6. The van der Waals surface area contributed by atoms with Crippen molar-refractivity contribution >= 4 is 27.1 Å². The number of rotatable bonds is 6. The molecular formula is C18H17NO4S2. The Balaban J connectivity index is 1.83. The Morgan fingerprint density at radius 1 is 1.20 bits per heavy atom. The Morgan fingerprint density at radius 3 is 2.68 bits per heavy atom. The molecule has 0 aliphatic rings. The first-order chi connectivity index (χ1) is 12.0. The molecule has 1 amide bonds. The molecule has 1 aromatic carbocycles. The van der Waals surface area contributed by atoms with Crippen LogP contribution >= 0.6 is 11.3 Å². The molecule has 0 radical (unpaired) electrons. The van der Waals surface area contributed by atoms with Crippen LogP contribution in [-0.2, 0) is 9.84 Å². The summed E-state index contributed by atoms with van der Waals surface area (Å²) in [5, 5.41) is 3.44. The van der Waals surface area contributed by atoms with E-state index >= 15 is 0 Å². The number of aryl methyl sites for hydroxylation is 1. The average molecular weight is 375 g/mol. The number of benzene rings is 1. The molecule has 0 bridgehead atoms. The van der Waals surface area contributed by atoms with Gasteiger partial charge in [0.15, 0.2) is 9.84 Å². The van der Waals surface area contributed by atoms with Crippen LogP contribution in [0.4, 0.5) is 0 Å². The van der Waals surface area contributed by atoms with E-state index in [1.807, 2.05) is 13.0 Å². The van der Waals surface area contributed by atoms with Gasteiger partial charge in [-0.2, -0.15) is 0 Å². The van der Waals surface area contributed by atoms with E-state index in [9.17, 15) is 13.2 Å². The van der Waals surface area contributed by atoms with Gasteiger partial charge in [-0.3, -0.25) is 4.79 Å². The van der Waals surface area contributed by atoms with Crippen LogP contribution in [0.15, 0.2) is 68.8 Å². The predicted octanol–water partition coefficient (Wildman–Crippen LogP) is 3.59. The molecule has 0 saturated carbocycles. The number of nitrogens with one attached hydrogen (secondary N) is 1. The zero-order chi connectivity index (χ0) is 17.9. The lowest BCUT2D eigenvalue weighted by atomic mass is 10.1. The molecule has 0 aliphatic carbocycles. The summed E-state index contributed by atoms with van der Waals surface area (Å²) in [4.78, 5) is 12.4. The molecule has 25 heavy (non-hydrogen) atoms. The number of thiophene rings is 1. The summed E-state index contributed by atoms with van der Waals surface area (Å²) in [5.74, 6) is -0.0143. The van der Waals surface area contributed by atoms with Crippen molar-refractivity contribution in [2.24, 2.45) is 0 Å². The van der Waals surface area contributed by atoms with Gasteiger partial charge in [-0.25, -0.2) is 8.42 Å².